The van der Waals surface area contributed by atoms with E-state index >= 15 is 0 Å². The second kappa shape index (κ2) is 7.92. The van der Waals surface area contributed by atoms with Crippen LogP contribution < -0.4 is 0 Å². The molecular weight excluding hydrogens is 398 g/mol. The molecule has 0 fully saturated rings. The minimum absolute atomic E-state index is 0.128. The molecule has 0 bridgehead atoms. The molecule has 0 aliphatic carbocycles. The number of rotatable bonds is 5. The molecule has 0 unspecified atom stereocenters. The lowest BCUT2D eigenvalue weighted by Gasteiger charge is -1.99. The van der Waals surface area contributed by atoms with E-state index < -0.39 is 5.97 Å². The average molecular weight is 412 g/mol. The van der Waals surface area contributed by atoms with E-state index in [1.165, 1.54) is 11.3 Å². The highest BCUT2D eigenvalue weighted by molar-refractivity contribution is 7.13. The van der Waals surface area contributed by atoms with Crippen LogP contribution in [0.5, 0.6) is 0 Å². The van der Waals surface area contributed by atoms with Crippen molar-refractivity contribution in [2.75, 3.05) is 0 Å². The summed E-state index contributed by atoms with van der Waals surface area (Å²) in [5, 5.41) is 6.93. The number of hydrogen-bond donors (Lipinski definition) is 0. The highest BCUT2D eigenvalue weighted by Crippen LogP contribution is 2.24. The van der Waals surface area contributed by atoms with Crippen molar-refractivity contribution in [1.82, 2.24) is 15.1 Å². The Bertz CT molecular complexity index is 1100. The summed E-state index contributed by atoms with van der Waals surface area (Å²) < 4.78 is 10.4. The van der Waals surface area contributed by atoms with E-state index in [2.05, 4.69) is 15.1 Å². The molecule has 4 aromatic rings. The number of hydrogen-bond acceptors (Lipinski definition) is 7. The highest BCUT2D eigenvalue weighted by atomic mass is 35.5. The first-order valence-corrected chi connectivity index (χ1v) is 9.62. The van der Waals surface area contributed by atoms with E-state index in [9.17, 15) is 4.79 Å². The summed E-state index contributed by atoms with van der Waals surface area (Å²) in [7, 11) is 0. The minimum atomic E-state index is -0.541. The molecule has 2 aromatic carbocycles. The first-order valence-electron chi connectivity index (χ1n) is 8.37. The lowest BCUT2D eigenvalue weighted by molar-refractivity contribution is 0.0424. The maximum Gasteiger partial charge on any atom is 0.358 e. The van der Waals surface area contributed by atoms with Crippen molar-refractivity contribution >= 4 is 28.9 Å². The Morgan fingerprint density at radius 3 is 2.54 bits per heavy atom. The molecule has 0 N–H and O–H groups in total. The summed E-state index contributed by atoms with van der Waals surface area (Å²) in [6, 6.07) is 15.0. The summed E-state index contributed by atoms with van der Waals surface area (Å²) in [6.45, 7) is 1.89. The molecule has 0 aliphatic rings. The van der Waals surface area contributed by atoms with Crippen LogP contribution in [0.25, 0.3) is 22.0 Å². The van der Waals surface area contributed by atoms with Crippen LogP contribution in [0, 0.1) is 6.92 Å². The van der Waals surface area contributed by atoms with Gasteiger partial charge in [0.1, 0.15) is 5.01 Å². The number of nitrogens with zero attached hydrogens (tertiary/aromatic N) is 3. The average Bonchev–Trinajstić information content (AvgIpc) is 3.37. The Hall–Kier alpha value is -3.03. The van der Waals surface area contributed by atoms with Crippen LogP contribution in [0.15, 0.2) is 58.4 Å². The lowest BCUT2D eigenvalue weighted by Crippen LogP contribution is -2.05. The largest absolute Gasteiger partial charge is 0.451 e. The third kappa shape index (κ3) is 4.11. The quantitative estimate of drug-likeness (QED) is 0.421. The van der Waals surface area contributed by atoms with Crippen LogP contribution in [0.4, 0.5) is 0 Å². The van der Waals surface area contributed by atoms with Crippen molar-refractivity contribution < 1.29 is 14.1 Å². The Morgan fingerprint density at radius 1 is 1.07 bits per heavy atom. The molecular formula is C20H14ClN3O3S. The van der Waals surface area contributed by atoms with Gasteiger partial charge in [-0.15, -0.1) is 11.3 Å². The monoisotopic (exact) mass is 411 g/mol. The van der Waals surface area contributed by atoms with Crippen molar-refractivity contribution in [2.45, 2.75) is 13.5 Å². The fraction of sp³-hybridized carbons (Fsp3) is 0.100. The standard InChI is InChI=1S/C20H14ClN3O3S/c1-12-2-4-14(5-3-12)19-22-16(11-28-19)20(25)26-10-17-23-18(24-27-17)13-6-8-15(21)9-7-13/h2-9,11H,10H2,1H3. The molecule has 8 heteroatoms. The van der Waals surface area contributed by atoms with E-state index in [1.807, 2.05) is 31.2 Å². The van der Waals surface area contributed by atoms with Crippen LogP contribution in [0.2, 0.25) is 5.02 Å². The Kier molecular flexibility index (Phi) is 5.18. The molecule has 28 heavy (non-hydrogen) atoms. The minimum Gasteiger partial charge on any atom is -0.451 e. The Balaban J connectivity index is 1.40. The predicted molar refractivity (Wildman–Crippen MR) is 106 cm³/mol. The summed E-state index contributed by atoms with van der Waals surface area (Å²) in [6.07, 6.45) is 0. The number of aryl methyl sites for hydroxylation is 1. The molecule has 2 heterocycles. The van der Waals surface area contributed by atoms with Gasteiger partial charge < -0.3 is 9.26 Å². The van der Waals surface area contributed by atoms with Crippen LogP contribution in [0.1, 0.15) is 21.9 Å². The molecule has 0 amide bonds. The van der Waals surface area contributed by atoms with E-state index in [0.29, 0.717) is 10.8 Å². The van der Waals surface area contributed by atoms with Gasteiger partial charge in [0, 0.05) is 21.5 Å². The number of esters is 1. The SMILES string of the molecule is Cc1ccc(-c2nc(C(=O)OCc3nc(-c4ccc(Cl)cc4)no3)cs2)cc1. The number of halogens is 1. The van der Waals surface area contributed by atoms with Gasteiger partial charge in [-0.05, 0) is 31.2 Å². The van der Waals surface area contributed by atoms with Crippen molar-refractivity contribution in [3.8, 4) is 22.0 Å². The van der Waals surface area contributed by atoms with Crippen molar-refractivity contribution in [2.24, 2.45) is 0 Å². The Morgan fingerprint density at radius 2 is 1.79 bits per heavy atom. The molecule has 140 valence electrons. The van der Waals surface area contributed by atoms with E-state index in [0.717, 1.165) is 21.7 Å². The van der Waals surface area contributed by atoms with Crippen molar-refractivity contribution in [1.29, 1.82) is 0 Å². The van der Waals surface area contributed by atoms with Gasteiger partial charge in [-0.25, -0.2) is 9.78 Å². The van der Waals surface area contributed by atoms with Crippen LogP contribution in [-0.4, -0.2) is 21.1 Å². The third-order valence-corrected chi connectivity index (χ3v) is 5.05. The number of thiazole rings is 1. The smallest absolute Gasteiger partial charge is 0.358 e. The van der Waals surface area contributed by atoms with E-state index in [-0.39, 0.29) is 18.2 Å². The Labute approximate surface area is 169 Å². The predicted octanol–water partition coefficient (Wildman–Crippen LogP) is 5.18. The number of aromatic nitrogens is 3. The number of benzene rings is 2. The number of ether oxygens (including phenoxy) is 1. The second-order valence-corrected chi connectivity index (χ2v) is 7.29. The van der Waals surface area contributed by atoms with E-state index in [4.69, 9.17) is 20.9 Å². The van der Waals surface area contributed by atoms with Gasteiger partial charge in [-0.3, -0.25) is 0 Å². The van der Waals surface area contributed by atoms with Crippen LogP contribution in [0.3, 0.4) is 0 Å². The molecule has 0 spiro atoms. The summed E-state index contributed by atoms with van der Waals surface area (Å²) in [4.78, 5) is 20.8. The molecule has 2 aromatic heterocycles. The zero-order valence-corrected chi connectivity index (χ0v) is 16.3. The first kappa shape index (κ1) is 18.3. The van der Waals surface area contributed by atoms with Gasteiger partial charge in [-0.1, -0.05) is 46.6 Å². The van der Waals surface area contributed by atoms with Gasteiger partial charge >= 0.3 is 5.97 Å². The topological polar surface area (TPSA) is 78.1 Å². The van der Waals surface area contributed by atoms with Crippen molar-refractivity contribution in [3.63, 3.8) is 0 Å². The summed E-state index contributed by atoms with van der Waals surface area (Å²) >= 11 is 7.25. The second-order valence-electron chi connectivity index (χ2n) is 6.00. The van der Waals surface area contributed by atoms with Gasteiger partial charge in [-0.2, -0.15) is 4.98 Å². The third-order valence-electron chi connectivity index (χ3n) is 3.91. The summed E-state index contributed by atoms with van der Waals surface area (Å²) in [5.41, 5.74) is 3.13. The van der Waals surface area contributed by atoms with Crippen molar-refractivity contribution in [3.05, 3.63) is 76.1 Å². The molecule has 0 radical (unpaired) electrons. The fourth-order valence-corrected chi connectivity index (χ4v) is 3.35. The normalized spacial score (nSPS) is 10.8. The molecule has 4 rings (SSSR count). The zero-order chi connectivity index (χ0) is 19.5. The molecule has 0 atom stereocenters. The molecule has 0 aliphatic heterocycles. The lowest BCUT2D eigenvalue weighted by atomic mass is 10.2. The van der Waals surface area contributed by atoms with Gasteiger partial charge in [0.05, 0.1) is 0 Å². The number of carbonyl (C=O) groups excluding carboxylic acids is 1. The van der Waals surface area contributed by atoms with Gasteiger partial charge in [0.2, 0.25) is 5.82 Å². The zero-order valence-electron chi connectivity index (χ0n) is 14.8. The maximum absolute atomic E-state index is 12.2. The molecule has 0 saturated heterocycles. The molecule has 6 nitrogen and oxygen atoms in total. The summed E-state index contributed by atoms with van der Waals surface area (Å²) in [5.74, 6) is 0.0613. The number of carbonyl (C=O) groups is 1. The molecule has 0 saturated carbocycles. The maximum atomic E-state index is 12.2. The van der Waals surface area contributed by atoms with Crippen LogP contribution in [-0.2, 0) is 11.3 Å². The fourth-order valence-electron chi connectivity index (χ4n) is 2.43. The van der Waals surface area contributed by atoms with Gasteiger partial charge in [0.25, 0.3) is 5.89 Å². The highest BCUT2D eigenvalue weighted by Gasteiger charge is 2.16. The first-order chi connectivity index (χ1) is 13.6. The van der Waals surface area contributed by atoms with Crippen LogP contribution >= 0.6 is 22.9 Å². The van der Waals surface area contributed by atoms with E-state index in [1.54, 1.807) is 29.6 Å². The van der Waals surface area contributed by atoms with Gasteiger partial charge in [0.15, 0.2) is 12.3 Å².